The zero-order valence-corrected chi connectivity index (χ0v) is 18.1. The molecule has 6 nitrogen and oxygen atoms in total. The Morgan fingerprint density at radius 3 is 2.43 bits per heavy atom. The zero-order chi connectivity index (χ0) is 20.3. The number of likely N-dealkylation sites (tertiary alicyclic amines) is 1. The Morgan fingerprint density at radius 2 is 1.82 bits per heavy atom. The first-order valence-corrected chi connectivity index (χ1v) is 11.5. The van der Waals surface area contributed by atoms with Gasteiger partial charge in [-0.25, -0.2) is 13.6 Å². The van der Waals surface area contributed by atoms with Crippen LogP contribution in [0, 0.1) is 5.92 Å². The van der Waals surface area contributed by atoms with Crippen LogP contribution in [0.4, 0.5) is 5.69 Å². The van der Waals surface area contributed by atoms with Crippen LogP contribution in [-0.4, -0.2) is 32.3 Å². The summed E-state index contributed by atoms with van der Waals surface area (Å²) in [6, 6.07) is 11.8. The third-order valence-corrected chi connectivity index (χ3v) is 6.61. The molecule has 28 heavy (non-hydrogen) atoms. The highest BCUT2D eigenvalue weighted by Gasteiger charge is 2.17. The van der Waals surface area contributed by atoms with Crippen molar-refractivity contribution in [2.24, 2.45) is 11.1 Å². The zero-order valence-electron chi connectivity index (χ0n) is 15.7. The summed E-state index contributed by atoms with van der Waals surface area (Å²) in [6.07, 6.45) is 2.47. The molecule has 0 unspecified atom stereocenters. The van der Waals surface area contributed by atoms with Crippen molar-refractivity contribution in [2.75, 3.05) is 18.4 Å². The molecule has 1 aliphatic rings. The Balaban J connectivity index is 1.66. The normalized spacial score (nSPS) is 16.1. The van der Waals surface area contributed by atoms with E-state index in [1.807, 2.05) is 24.3 Å². The summed E-state index contributed by atoms with van der Waals surface area (Å²) in [7, 11) is -3.88. The van der Waals surface area contributed by atoms with E-state index in [2.05, 4.69) is 33.1 Å². The average molecular weight is 466 g/mol. The van der Waals surface area contributed by atoms with Gasteiger partial charge < -0.3 is 5.32 Å². The van der Waals surface area contributed by atoms with Gasteiger partial charge in [0.15, 0.2) is 0 Å². The lowest BCUT2D eigenvalue weighted by Gasteiger charge is -2.30. The van der Waals surface area contributed by atoms with Crippen molar-refractivity contribution >= 4 is 37.5 Å². The van der Waals surface area contributed by atoms with Gasteiger partial charge in [-0.1, -0.05) is 19.1 Å². The lowest BCUT2D eigenvalue weighted by Crippen LogP contribution is -2.32. The fraction of sp³-hybridized carbons (Fsp3) is 0.350. The van der Waals surface area contributed by atoms with E-state index in [0.29, 0.717) is 10.2 Å². The summed E-state index contributed by atoms with van der Waals surface area (Å²) in [6.45, 7) is 5.44. The Bertz CT molecular complexity index is 953. The number of halogens is 1. The number of anilines is 1. The van der Waals surface area contributed by atoms with Crippen LogP contribution >= 0.6 is 15.9 Å². The number of nitrogens with one attached hydrogen (secondary N) is 1. The Labute approximate surface area is 174 Å². The minimum absolute atomic E-state index is 0.105. The molecule has 0 saturated carbocycles. The van der Waals surface area contributed by atoms with Crippen molar-refractivity contribution in [3.8, 4) is 0 Å². The van der Waals surface area contributed by atoms with Gasteiger partial charge in [-0.3, -0.25) is 9.69 Å². The lowest BCUT2D eigenvalue weighted by atomic mass is 9.99. The van der Waals surface area contributed by atoms with Crippen molar-refractivity contribution in [3.05, 3.63) is 58.1 Å². The largest absolute Gasteiger partial charge is 0.322 e. The quantitative estimate of drug-likeness (QED) is 0.705. The number of carbonyl (C=O) groups is 1. The number of rotatable bonds is 5. The molecule has 1 amide bonds. The smallest absolute Gasteiger partial charge is 0.256 e. The minimum atomic E-state index is -3.88. The first-order valence-electron chi connectivity index (χ1n) is 9.17. The molecule has 1 heterocycles. The Morgan fingerprint density at radius 1 is 1.18 bits per heavy atom. The van der Waals surface area contributed by atoms with E-state index < -0.39 is 15.9 Å². The van der Waals surface area contributed by atoms with E-state index in [4.69, 9.17) is 5.14 Å². The standard InChI is InChI=1S/C20H24BrN3O3S/c1-14-8-10-24(11-9-14)13-15-2-4-16(5-3-15)23-20(25)18-12-17(28(22,26)27)6-7-19(18)21/h2-7,12,14H,8-11,13H2,1H3,(H,23,25)(H2,22,26,27). The molecule has 3 N–H and O–H groups in total. The predicted molar refractivity (Wildman–Crippen MR) is 114 cm³/mol. The molecule has 0 aromatic heterocycles. The fourth-order valence-corrected chi connectivity index (χ4v) is 4.19. The van der Waals surface area contributed by atoms with Crippen LogP contribution in [0.25, 0.3) is 0 Å². The van der Waals surface area contributed by atoms with E-state index in [0.717, 1.165) is 25.6 Å². The van der Waals surface area contributed by atoms with Crippen molar-refractivity contribution in [2.45, 2.75) is 31.2 Å². The van der Waals surface area contributed by atoms with Crippen LogP contribution < -0.4 is 10.5 Å². The van der Waals surface area contributed by atoms with Gasteiger partial charge in [-0.05, 0) is 83.7 Å². The Kier molecular flexibility index (Phi) is 6.54. The van der Waals surface area contributed by atoms with Gasteiger partial charge in [0.2, 0.25) is 10.0 Å². The second-order valence-corrected chi connectivity index (χ2v) is 9.71. The summed E-state index contributed by atoms with van der Waals surface area (Å²) in [4.78, 5) is 14.9. The maximum absolute atomic E-state index is 12.6. The second kappa shape index (κ2) is 8.73. The topological polar surface area (TPSA) is 92.5 Å². The molecular weight excluding hydrogens is 442 g/mol. The monoisotopic (exact) mass is 465 g/mol. The highest BCUT2D eigenvalue weighted by atomic mass is 79.9. The summed E-state index contributed by atoms with van der Waals surface area (Å²) in [5.74, 6) is 0.399. The summed E-state index contributed by atoms with van der Waals surface area (Å²) in [5, 5.41) is 7.95. The number of hydrogen-bond donors (Lipinski definition) is 2. The first kappa shape index (κ1) is 21.0. The number of sulfonamides is 1. The lowest BCUT2D eigenvalue weighted by molar-refractivity contribution is 0.102. The molecule has 2 aromatic rings. The molecule has 1 aliphatic heterocycles. The second-order valence-electron chi connectivity index (χ2n) is 7.30. The molecular formula is C20H24BrN3O3S. The van der Waals surface area contributed by atoms with Gasteiger partial charge in [0.25, 0.3) is 5.91 Å². The maximum Gasteiger partial charge on any atom is 0.256 e. The molecule has 0 radical (unpaired) electrons. The molecule has 3 rings (SSSR count). The molecule has 0 spiro atoms. The minimum Gasteiger partial charge on any atom is -0.322 e. The van der Waals surface area contributed by atoms with Crippen LogP contribution in [0.2, 0.25) is 0 Å². The number of benzene rings is 2. The fourth-order valence-electron chi connectivity index (χ4n) is 3.23. The number of primary sulfonamides is 1. The predicted octanol–water partition coefficient (Wildman–Crippen LogP) is 3.58. The molecule has 0 atom stereocenters. The van der Waals surface area contributed by atoms with Crippen LogP contribution in [0.3, 0.4) is 0 Å². The van der Waals surface area contributed by atoms with Gasteiger partial charge in [0.05, 0.1) is 10.5 Å². The third-order valence-electron chi connectivity index (χ3n) is 5.01. The van der Waals surface area contributed by atoms with E-state index >= 15 is 0 Å². The van der Waals surface area contributed by atoms with Crippen molar-refractivity contribution in [3.63, 3.8) is 0 Å². The Hall–Kier alpha value is -1.74. The van der Waals surface area contributed by atoms with E-state index in [1.54, 1.807) is 0 Å². The van der Waals surface area contributed by atoms with E-state index in [9.17, 15) is 13.2 Å². The number of nitrogens with two attached hydrogens (primary N) is 1. The number of hydrogen-bond acceptors (Lipinski definition) is 4. The molecule has 0 bridgehead atoms. The SMILES string of the molecule is CC1CCN(Cc2ccc(NC(=O)c3cc(S(N)(=O)=O)ccc3Br)cc2)CC1. The van der Waals surface area contributed by atoms with Crippen LogP contribution in [0.1, 0.15) is 35.7 Å². The summed E-state index contributed by atoms with van der Waals surface area (Å²) >= 11 is 3.28. The average Bonchev–Trinajstić information content (AvgIpc) is 2.64. The molecule has 8 heteroatoms. The number of carbonyl (C=O) groups excluding carboxylic acids is 1. The number of nitrogens with zero attached hydrogens (tertiary/aromatic N) is 1. The van der Waals surface area contributed by atoms with Crippen molar-refractivity contribution < 1.29 is 13.2 Å². The van der Waals surface area contributed by atoms with Gasteiger partial charge in [0, 0.05) is 16.7 Å². The van der Waals surface area contributed by atoms with E-state index in [-0.39, 0.29) is 10.5 Å². The van der Waals surface area contributed by atoms with Crippen LogP contribution in [-0.2, 0) is 16.6 Å². The molecule has 0 aliphatic carbocycles. The molecule has 1 fully saturated rings. The molecule has 1 saturated heterocycles. The highest BCUT2D eigenvalue weighted by molar-refractivity contribution is 9.10. The summed E-state index contributed by atoms with van der Waals surface area (Å²) < 4.78 is 23.5. The van der Waals surface area contributed by atoms with Gasteiger partial charge in [0.1, 0.15) is 0 Å². The van der Waals surface area contributed by atoms with Crippen LogP contribution in [0.5, 0.6) is 0 Å². The van der Waals surface area contributed by atoms with Crippen molar-refractivity contribution in [1.82, 2.24) is 4.90 Å². The van der Waals surface area contributed by atoms with Gasteiger partial charge in [-0.2, -0.15) is 0 Å². The van der Waals surface area contributed by atoms with Gasteiger partial charge in [-0.15, -0.1) is 0 Å². The molecule has 150 valence electrons. The molecule has 2 aromatic carbocycles. The van der Waals surface area contributed by atoms with E-state index in [1.165, 1.54) is 36.6 Å². The van der Waals surface area contributed by atoms with Gasteiger partial charge >= 0.3 is 0 Å². The number of amides is 1. The summed E-state index contributed by atoms with van der Waals surface area (Å²) in [5.41, 5.74) is 2.05. The van der Waals surface area contributed by atoms with Crippen molar-refractivity contribution in [1.29, 1.82) is 0 Å². The number of piperidine rings is 1. The first-order chi connectivity index (χ1) is 13.2. The third kappa shape index (κ3) is 5.41. The van der Waals surface area contributed by atoms with Crippen LogP contribution in [0.15, 0.2) is 51.8 Å². The maximum atomic E-state index is 12.6. The highest BCUT2D eigenvalue weighted by Crippen LogP contribution is 2.23.